The molecule has 0 radical (unpaired) electrons. The number of benzene rings is 2. The van der Waals surface area contributed by atoms with Gasteiger partial charge in [0.2, 0.25) is 10.0 Å². The Morgan fingerprint density at radius 1 is 0.952 bits per heavy atom. The lowest BCUT2D eigenvalue weighted by Gasteiger charge is -2.23. The van der Waals surface area contributed by atoms with Crippen molar-refractivity contribution in [3.8, 4) is 11.1 Å². The SMILES string of the molecule is CC(C)(CN)NS(=O)(=O)c1ccc(-c2ccccc2)cc1. The molecule has 3 N–H and O–H groups in total. The van der Waals surface area contributed by atoms with Crippen LogP contribution in [0, 0.1) is 0 Å². The van der Waals surface area contributed by atoms with E-state index in [2.05, 4.69) is 4.72 Å². The van der Waals surface area contributed by atoms with Gasteiger partial charge in [0.1, 0.15) is 0 Å². The van der Waals surface area contributed by atoms with Gasteiger partial charge in [0.25, 0.3) is 0 Å². The second-order valence-electron chi connectivity index (χ2n) is 5.58. The fourth-order valence-corrected chi connectivity index (χ4v) is 3.34. The van der Waals surface area contributed by atoms with Crippen LogP contribution in [-0.4, -0.2) is 20.5 Å². The lowest BCUT2D eigenvalue weighted by molar-refractivity contribution is 0.462. The van der Waals surface area contributed by atoms with E-state index in [1.807, 2.05) is 30.3 Å². The minimum Gasteiger partial charge on any atom is -0.329 e. The molecule has 2 aromatic rings. The molecule has 0 aromatic heterocycles. The summed E-state index contributed by atoms with van der Waals surface area (Å²) < 4.78 is 27.2. The average Bonchev–Trinajstić information content (AvgIpc) is 2.47. The summed E-state index contributed by atoms with van der Waals surface area (Å²) in [6.45, 7) is 3.74. The zero-order chi connectivity index (χ0) is 15.5. The van der Waals surface area contributed by atoms with Gasteiger partial charge in [0.15, 0.2) is 0 Å². The second-order valence-corrected chi connectivity index (χ2v) is 7.27. The third-order valence-corrected chi connectivity index (χ3v) is 4.91. The minimum atomic E-state index is -3.56. The van der Waals surface area contributed by atoms with E-state index in [0.29, 0.717) is 0 Å². The highest BCUT2D eigenvalue weighted by atomic mass is 32.2. The maximum Gasteiger partial charge on any atom is 0.241 e. The quantitative estimate of drug-likeness (QED) is 0.890. The Kier molecular flexibility index (Phi) is 4.46. The van der Waals surface area contributed by atoms with Crippen molar-refractivity contribution < 1.29 is 8.42 Å². The third kappa shape index (κ3) is 3.91. The van der Waals surface area contributed by atoms with Crippen LogP contribution in [0.5, 0.6) is 0 Å². The normalized spacial score (nSPS) is 12.3. The molecule has 4 nitrogen and oxygen atoms in total. The Hall–Kier alpha value is -1.69. The van der Waals surface area contributed by atoms with Crippen molar-refractivity contribution in [3.63, 3.8) is 0 Å². The highest BCUT2D eigenvalue weighted by Crippen LogP contribution is 2.21. The summed E-state index contributed by atoms with van der Waals surface area (Å²) in [6, 6.07) is 16.6. The summed E-state index contributed by atoms with van der Waals surface area (Å²) in [6.07, 6.45) is 0. The summed E-state index contributed by atoms with van der Waals surface area (Å²) in [7, 11) is -3.56. The second kappa shape index (κ2) is 5.97. The van der Waals surface area contributed by atoms with E-state index < -0.39 is 15.6 Å². The number of sulfonamides is 1. The Balaban J connectivity index is 2.27. The number of hydrogen-bond acceptors (Lipinski definition) is 3. The predicted octanol–water partition coefficient (Wildman–Crippen LogP) is 2.37. The Labute approximate surface area is 126 Å². The number of hydrogen-bond donors (Lipinski definition) is 2. The lowest BCUT2D eigenvalue weighted by Crippen LogP contribution is -2.48. The van der Waals surface area contributed by atoms with Gasteiger partial charge < -0.3 is 5.73 Å². The first-order chi connectivity index (χ1) is 9.84. The van der Waals surface area contributed by atoms with Gasteiger partial charge in [-0.1, -0.05) is 42.5 Å². The van der Waals surface area contributed by atoms with Crippen molar-refractivity contribution in [1.29, 1.82) is 0 Å². The van der Waals surface area contributed by atoms with Crippen LogP contribution in [0.3, 0.4) is 0 Å². The summed E-state index contributed by atoms with van der Waals surface area (Å²) in [5, 5.41) is 0. The average molecular weight is 304 g/mol. The Bertz CT molecular complexity index is 693. The zero-order valence-corrected chi connectivity index (χ0v) is 13.0. The maximum absolute atomic E-state index is 12.3. The fourth-order valence-electron chi connectivity index (χ4n) is 1.92. The molecule has 0 atom stereocenters. The predicted molar refractivity (Wildman–Crippen MR) is 85.3 cm³/mol. The Morgan fingerprint density at radius 2 is 1.48 bits per heavy atom. The van der Waals surface area contributed by atoms with Crippen LogP contribution in [0.4, 0.5) is 0 Å². The van der Waals surface area contributed by atoms with Crippen molar-refractivity contribution >= 4 is 10.0 Å². The van der Waals surface area contributed by atoms with Crippen molar-refractivity contribution in [3.05, 3.63) is 54.6 Å². The first kappa shape index (κ1) is 15.7. The van der Waals surface area contributed by atoms with E-state index in [1.165, 1.54) is 0 Å². The molecule has 21 heavy (non-hydrogen) atoms. The molecule has 0 amide bonds. The topological polar surface area (TPSA) is 72.2 Å². The minimum absolute atomic E-state index is 0.230. The van der Waals surface area contributed by atoms with Crippen LogP contribution in [0.2, 0.25) is 0 Å². The first-order valence-electron chi connectivity index (χ1n) is 6.74. The number of nitrogens with one attached hydrogen (secondary N) is 1. The molecular formula is C16H20N2O2S. The van der Waals surface area contributed by atoms with Crippen molar-refractivity contribution in [1.82, 2.24) is 4.72 Å². The zero-order valence-electron chi connectivity index (χ0n) is 12.2. The van der Waals surface area contributed by atoms with Crippen LogP contribution >= 0.6 is 0 Å². The van der Waals surface area contributed by atoms with Crippen LogP contribution in [0.1, 0.15) is 13.8 Å². The molecule has 2 aromatic carbocycles. The third-order valence-electron chi connectivity index (χ3n) is 3.19. The lowest BCUT2D eigenvalue weighted by atomic mass is 10.1. The van der Waals surface area contributed by atoms with Crippen molar-refractivity contribution in [2.24, 2.45) is 5.73 Å². The molecule has 0 heterocycles. The van der Waals surface area contributed by atoms with E-state index in [4.69, 9.17) is 5.73 Å². The molecule has 112 valence electrons. The highest BCUT2D eigenvalue weighted by molar-refractivity contribution is 7.89. The molecule has 0 saturated carbocycles. The largest absolute Gasteiger partial charge is 0.329 e. The molecule has 0 fully saturated rings. The van der Waals surface area contributed by atoms with E-state index in [9.17, 15) is 8.42 Å². The number of rotatable bonds is 5. The van der Waals surface area contributed by atoms with Crippen molar-refractivity contribution in [2.75, 3.05) is 6.54 Å². The molecule has 2 rings (SSSR count). The van der Waals surface area contributed by atoms with E-state index in [1.54, 1.807) is 38.1 Å². The van der Waals surface area contributed by atoms with Gasteiger partial charge in [-0.2, -0.15) is 0 Å². The van der Waals surface area contributed by atoms with Crippen molar-refractivity contribution in [2.45, 2.75) is 24.3 Å². The molecule has 0 saturated heterocycles. The molecular weight excluding hydrogens is 284 g/mol. The van der Waals surface area contributed by atoms with Gasteiger partial charge in [0.05, 0.1) is 4.90 Å². The van der Waals surface area contributed by atoms with E-state index >= 15 is 0 Å². The maximum atomic E-state index is 12.3. The van der Waals surface area contributed by atoms with E-state index in [0.717, 1.165) is 11.1 Å². The summed E-state index contributed by atoms with van der Waals surface area (Å²) >= 11 is 0. The summed E-state index contributed by atoms with van der Waals surface area (Å²) in [5.41, 5.74) is 6.93. The monoisotopic (exact) mass is 304 g/mol. The van der Waals surface area contributed by atoms with Gasteiger partial charge in [0, 0.05) is 12.1 Å². The summed E-state index contributed by atoms with van der Waals surface area (Å²) in [5.74, 6) is 0. The molecule has 0 aliphatic rings. The Morgan fingerprint density at radius 3 is 2.00 bits per heavy atom. The van der Waals surface area contributed by atoms with Crippen LogP contribution in [0.25, 0.3) is 11.1 Å². The summed E-state index contributed by atoms with van der Waals surface area (Å²) in [4.78, 5) is 0.240. The molecule has 0 bridgehead atoms. The van der Waals surface area contributed by atoms with Gasteiger partial charge in [-0.25, -0.2) is 13.1 Å². The van der Waals surface area contributed by atoms with Crippen LogP contribution in [0.15, 0.2) is 59.5 Å². The molecule has 0 aliphatic heterocycles. The van der Waals surface area contributed by atoms with Crippen LogP contribution < -0.4 is 10.5 Å². The first-order valence-corrected chi connectivity index (χ1v) is 8.22. The smallest absolute Gasteiger partial charge is 0.241 e. The molecule has 0 aliphatic carbocycles. The van der Waals surface area contributed by atoms with Gasteiger partial charge in [-0.05, 0) is 37.1 Å². The van der Waals surface area contributed by atoms with E-state index in [-0.39, 0.29) is 11.4 Å². The van der Waals surface area contributed by atoms with Crippen LogP contribution in [-0.2, 0) is 10.0 Å². The van der Waals surface area contributed by atoms with Gasteiger partial charge in [-0.15, -0.1) is 0 Å². The van der Waals surface area contributed by atoms with Gasteiger partial charge >= 0.3 is 0 Å². The molecule has 0 spiro atoms. The highest BCUT2D eigenvalue weighted by Gasteiger charge is 2.24. The van der Waals surface area contributed by atoms with Gasteiger partial charge in [-0.3, -0.25) is 0 Å². The number of nitrogens with two attached hydrogens (primary N) is 1. The molecule has 0 unspecified atom stereocenters. The standard InChI is InChI=1S/C16H20N2O2S/c1-16(2,12-17)18-21(19,20)15-10-8-14(9-11-15)13-6-4-3-5-7-13/h3-11,18H,12,17H2,1-2H3. The fraction of sp³-hybridized carbons (Fsp3) is 0.250. The molecule has 5 heteroatoms.